The van der Waals surface area contributed by atoms with E-state index in [-0.39, 0.29) is 22.2 Å². The maximum absolute atomic E-state index is 13.1. The minimum atomic E-state index is -4.57. The van der Waals surface area contributed by atoms with Crippen LogP contribution in [0.15, 0.2) is 54.9 Å². The van der Waals surface area contributed by atoms with E-state index in [4.69, 9.17) is 17.3 Å². The highest BCUT2D eigenvalue weighted by Crippen LogP contribution is 2.38. The molecule has 1 heterocycles. The highest BCUT2D eigenvalue weighted by Gasteiger charge is 2.33. The highest BCUT2D eigenvalue weighted by atomic mass is 35.5. The first-order chi connectivity index (χ1) is 13.3. The molecular formula is C19H17ClF3N5. The van der Waals surface area contributed by atoms with Gasteiger partial charge in [0, 0.05) is 17.9 Å². The van der Waals surface area contributed by atoms with Gasteiger partial charge in [0.15, 0.2) is 11.6 Å². The lowest BCUT2D eigenvalue weighted by atomic mass is 10.2. The van der Waals surface area contributed by atoms with Crippen LogP contribution in [0.25, 0.3) is 0 Å². The van der Waals surface area contributed by atoms with Crippen LogP contribution in [0.5, 0.6) is 0 Å². The molecule has 146 valence electrons. The van der Waals surface area contributed by atoms with Crippen LogP contribution in [0.3, 0.4) is 0 Å². The number of anilines is 5. The number of aromatic nitrogens is 2. The Balaban J connectivity index is 1.96. The number of nitrogen functional groups attached to an aromatic ring is 1. The molecule has 0 fully saturated rings. The van der Waals surface area contributed by atoms with Crippen molar-refractivity contribution in [2.24, 2.45) is 0 Å². The van der Waals surface area contributed by atoms with Crippen molar-refractivity contribution in [3.05, 3.63) is 65.4 Å². The van der Waals surface area contributed by atoms with Gasteiger partial charge in [-0.05, 0) is 37.3 Å². The fourth-order valence-corrected chi connectivity index (χ4v) is 2.95. The van der Waals surface area contributed by atoms with Crippen molar-refractivity contribution in [3.63, 3.8) is 0 Å². The number of hydrogen-bond acceptors (Lipinski definition) is 5. The smallest absolute Gasteiger partial charge is 0.393 e. The summed E-state index contributed by atoms with van der Waals surface area (Å²) in [5, 5.41) is 2.44. The standard InChI is InChI=1S/C19H17ClF3N5/c1-2-28(13-6-4-3-5-7-13)18-16(24)17(25-11-26-18)27-12-8-9-15(20)14(10-12)19(21,22)23/h3-11H,2,24H2,1H3,(H,25,26,27). The van der Waals surface area contributed by atoms with E-state index in [9.17, 15) is 13.2 Å². The molecule has 0 spiro atoms. The summed E-state index contributed by atoms with van der Waals surface area (Å²) < 4.78 is 39.2. The van der Waals surface area contributed by atoms with Crippen LogP contribution in [-0.2, 0) is 6.18 Å². The van der Waals surface area contributed by atoms with Crippen LogP contribution in [0.2, 0.25) is 5.02 Å². The molecular weight excluding hydrogens is 391 g/mol. The third-order valence-corrected chi connectivity index (χ3v) is 4.37. The van der Waals surface area contributed by atoms with E-state index in [1.54, 1.807) is 0 Å². The van der Waals surface area contributed by atoms with Crippen molar-refractivity contribution in [2.45, 2.75) is 13.1 Å². The Kier molecular flexibility index (Phi) is 5.60. The molecule has 0 aliphatic rings. The first-order valence-electron chi connectivity index (χ1n) is 8.38. The third kappa shape index (κ3) is 4.12. The summed E-state index contributed by atoms with van der Waals surface area (Å²) >= 11 is 5.66. The molecule has 5 nitrogen and oxygen atoms in total. The average molecular weight is 408 g/mol. The predicted octanol–water partition coefficient (Wildman–Crippen LogP) is 5.63. The van der Waals surface area contributed by atoms with Crippen molar-refractivity contribution in [1.82, 2.24) is 9.97 Å². The van der Waals surface area contributed by atoms with Crippen LogP contribution in [-0.4, -0.2) is 16.5 Å². The zero-order chi connectivity index (χ0) is 20.3. The average Bonchev–Trinajstić information content (AvgIpc) is 2.66. The molecule has 0 bridgehead atoms. The molecule has 0 unspecified atom stereocenters. The largest absolute Gasteiger partial charge is 0.417 e. The summed E-state index contributed by atoms with van der Waals surface area (Å²) in [6.07, 6.45) is -3.26. The van der Waals surface area contributed by atoms with E-state index in [2.05, 4.69) is 15.3 Å². The van der Waals surface area contributed by atoms with E-state index in [0.29, 0.717) is 12.4 Å². The molecule has 9 heteroatoms. The summed E-state index contributed by atoms with van der Waals surface area (Å²) in [5.41, 5.74) is 6.55. The summed E-state index contributed by atoms with van der Waals surface area (Å²) in [6, 6.07) is 13.0. The predicted molar refractivity (Wildman–Crippen MR) is 105 cm³/mol. The molecule has 3 aromatic rings. The van der Waals surface area contributed by atoms with Crippen molar-refractivity contribution in [1.29, 1.82) is 0 Å². The van der Waals surface area contributed by atoms with Gasteiger partial charge in [0.2, 0.25) is 0 Å². The van der Waals surface area contributed by atoms with Crippen LogP contribution < -0.4 is 16.0 Å². The van der Waals surface area contributed by atoms with Gasteiger partial charge in [-0.3, -0.25) is 0 Å². The van der Waals surface area contributed by atoms with E-state index in [1.807, 2.05) is 42.2 Å². The van der Waals surface area contributed by atoms with Crippen LogP contribution in [0.1, 0.15) is 12.5 Å². The third-order valence-electron chi connectivity index (χ3n) is 4.04. The summed E-state index contributed by atoms with van der Waals surface area (Å²) in [5.74, 6) is 0.658. The first-order valence-corrected chi connectivity index (χ1v) is 8.76. The first kappa shape index (κ1) is 19.8. The Bertz CT molecular complexity index is 964. The molecule has 0 aliphatic carbocycles. The van der Waals surface area contributed by atoms with Gasteiger partial charge >= 0.3 is 6.18 Å². The Morgan fingerprint density at radius 3 is 2.46 bits per heavy atom. The van der Waals surface area contributed by atoms with Crippen molar-refractivity contribution < 1.29 is 13.2 Å². The number of hydrogen-bond donors (Lipinski definition) is 2. The fraction of sp³-hybridized carbons (Fsp3) is 0.158. The van der Waals surface area contributed by atoms with Gasteiger partial charge in [-0.25, -0.2) is 9.97 Å². The Hall–Kier alpha value is -3.00. The van der Waals surface area contributed by atoms with Gasteiger partial charge in [0.05, 0.1) is 10.6 Å². The summed E-state index contributed by atoms with van der Waals surface area (Å²) in [6.45, 7) is 2.53. The number of rotatable bonds is 5. The lowest BCUT2D eigenvalue weighted by molar-refractivity contribution is -0.137. The SMILES string of the molecule is CCN(c1ccccc1)c1ncnc(Nc2ccc(Cl)c(C(F)(F)F)c2)c1N. The van der Waals surface area contributed by atoms with Crippen LogP contribution >= 0.6 is 11.6 Å². The van der Waals surface area contributed by atoms with Gasteiger partial charge in [0.1, 0.15) is 12.0 Å². The zero-order valence-electron chi connectivity index (χ0n) is 14.8. The van der Waals surface area contributed by atoms with Gasteiger partial charge in [-0.15, -0.1) is 0 Å². The second-order valence-corrected chi connectivity index (χ2v) is 6.26. The minimum absolute atomic E-state index is 0.163. The Morgan fingerprint density at radius 2 is 1.82 bits per heavy atom. The van der Waals surface area contributed by atoms with Crippen molar-refractivity contribution in [2.75, 3.05) is 22.5 Å². The molecule has 0 saturated heterocycles. The number of benzene rings is 2. The molecule has 0 saturated carbocycles. The monoisotopic (exact) mass is 407 g/mol. The molecule has 3 N–H and O–H groups in total. The lowest BCUT2D eigenvalue weighted by Gasteiger charge is -2.24. The molecule has 1 aromatic heterocycles. The van der Waals surface area contributed by atoms with Gasteiger partial charge in [-0.2, -0.15) is 13.2 Å². The second-order valence-electron chi connectivity index (χ2n) is 5.86. The van der Waals surface area contributed by atoms with Gasteiger partial charge in [-0.1, -0.05) is 29.8 Å². The number of para-hydroxylation sites is 1. The van der Waals surface area contributed by atoms with Crippen LogP contribution in [0, 0.1) is 0 Å². The van der Waals surface area contributed by atoms with Crippen LogP contribution in [0.4, 0.5) is 41.9 Å². The van der Waals surface area contributed by atoms with Crippen molar-refractivity contribution in [3.8, 4) is 0 Å². The summed E-state index contributed by atoms with van der Waals surface area (Å²) in [7, 11) is 0. The normalized spacial score (nSPS) is 11.3. The van der Waals surface area contributed by atoms with E-state index >= 15 is 0 Å². The molecule has 2 aromatic carbocycles. The van der Waals surface area contributed by atoms with E-state index < -0.39 is 11.7 Å². The molecule has 28 heavy (non-hydrogen) atoms. The molecule has 0 aliphatic heterocycles. The number of nitrogens with two attached hydrogens (primary N) is 1. The topological polar surface area (TPSA) is 67.1 Å². The minimum Gasteiger partial charge on any atom is -0.393 e. The molecule has 0 radical (unpaired) electrons. The molecule has 0 amide bonds. The maximum atomic E-state index is 13.1. The second kappa shape index (κ2) is 7.93. The Morgan fingerprint density at radius 1 is 1.11 bits per heavy atom. The maximum Gasteiger partial charge on any atom is 0.417 e. The van der Waals surface area contributed by atoms with E-state index in [0.717, 1.165) is 11.8 Å². The summed E-state index contributed by atoms with van der Waals surface area (Å²) in [4.78, 5) is 10.2. The number of nitrogens with one attached hydrogen (secondary N) is 1. The highest BCUT2D eigenvalue weighted by molar-refractivity contribution is 6.31. The molecule has 3 rings (SSSR count). The van der Waals surface area contributed by atoms with Crippen molar-refractivity contribution >= 4 is 40.3 Å². The molecule has 0 atom stereocenters. The number of halogens is 4. The van der Waals surface area contributed by atoms with Gasteiger partial charge < -0.3 is 16.0 Å². The van der Waals surface area contributed by atoms with E-state index in [1.165, 1.54) is 18.5 Å². The number of alkyl halides is 3. The quantitative estimate of drug-likeness (QED) is 0.573. The Labute approximate surface area is 165 Å². The van der Waals surface area contributed by atoms with Gasteiger partial charge in [0.25, 0.3) is 0 Å². The fourth-order valence-electron chi connectivity index (χ4n) is 2.72. The lowest BCUT2D eigenvalue weighted by Crippen LogP contribution is -2.19. The zero-order valence-corrected chi connectivity index (χ0v) is 15.6. The number of nitrogens with zero attached hydrogens (tertiary/aromatic N) is 3.